The highest BCUT2D eigenvalue weighted by molar-refractivity contribution is 6.09. The van der Waals surface area contributed by atoms with E-state index in [1.807, 2.05) is 0 Å². The van der Waals surface area contributed by atoms with Crippen molar-refractivity contribution in [3.8, 4) is 28.7 Å². The molecule has 2 amide bonds. The molecule has 1 aliphatic rings. The number of aromatic nitrogens is 4. The maximum Gasteiger partial charge on any atom is 0.294 e. The molecule has 2 aromatic carbocycles. The van der Waals surface area contributed by atoms with Crippen LogP contribution in [0.15, 0.2) is 59.5 Å². The third kappa shape index (κ3) is 6.10. The molecular formula is C30H34N6O7. The van der Waals surface area contributed by atoms with Gasteiger partial charge in [0, 0.05) is 17.8 Å². The molecule has 43 heavy (non-hydrogen) atoms. The van der Waals surface area contributed by atoms with Gasteiger partial charge in [-0.05, 0) is 65.2 Å². The predicted octanol–water partition coefficient (Wildman–Crippen LogP) is 4.13. The minimum Gasteiger partial charge on any atom is -0.494 e. The molecule has 0 aliphatic heterocycles. The molecule has 226 valence electrons. The lowest BCUT2D eigenvalue weighted by Crippen LogP contribution is -2.47. The van der Waals surface area contributed by atoms with E-state index in [9.17, 15) is 9.59 Å². The smallest absolute Gasteiger partial charge is 0.294 e. The predicted molar refractivity (Wildman–Crippen MR) is 155 cm³/mol. The molecule has 1 saturated carbocycles. The second kappa shape index (κ2) is 13.3. The molecule has 0 spiro atoms. The quantitative estimate of drug-likeness (QED) is 0.271. The first kappa shape index (κ1) is 29.4. The fourth-order valence-corrected chi connectivity index (χ4v) is 5.38. The van der Waals surface area contributed by atoms with E-state index in [2.05, 4.69) is 20.8 Å². The lowest BCUT2D eigenvalue weighted by Gasteiger charge is -2.33. The Morgan fingerprint density at radius 2 is 1.67 bits per heavy atom. The molecular weight excluding hydrogens is 556 g/mol. The second-order valence-corrected chi connectivity index (χ2v) is 9.97. The fraction of sp³-hybridized carbons (Fsp3) is 0.367. The van der Waals surface area contributed by atoms with E-state index < -0.39 is 11.9 Å². The number of hydrogen-bond donors (Lipinski definition) is 1. The second-order valence-electron chi connectivity index (χ2n) is 9.97. The number of rotatable bonds is 11. The summed E-state index contributed by atoms with van der Waals surface area (Å²) in [6.45, 7) is 0. The standard InChI is InChI=1S/C30H34N6O7/c1-39-24-17-21(12-13-22(24)35-18-31-33-34-35)36(30(38)23-11-8-14-43-23)27(29(37)32-20-9-6-5-7-10-20)19-15-25(40-2)28(42-4)26(16-19)41-3/h8,11-18,20,27H,5-7,9-10H2,1-4H3,(H,32,37). The van der Waals surface area contributed by atoms with Crippen molar-refractivity contribution in [2.45, 2.75) is 44.2 Å². The van der Waals surface area contributed by atoms with Crippen LogP contribution in [0.1, 0.15) is 54.3 Å². The SMILES string of the molecule is COc1cc(N(C(=O)c2ccco2)C(C(=O)NC2CCCCC2)c2cc(OC)c(OC)c(OC)c2)ccc1-n1cnnn1. The summed E-state index contributed by atoms with van der Waals surface area (Å²) in [5.74, 6) is 0.541. The minimum atomic E-state index is -1.17. The van der Waals surface area contributed by atoms with Crippen LogP contribution < -0.4 is 29.2 Å². The molecule has 0 radical (unpaired) electrons. The highest BCUT2D eigenvalue weighted by Gasteiger charge is 2.37. The minimum absolute atomic E-state index is 0.0249. The van der Waals surface area contributed by atoms with Gasteiger partial charge < -0.3 is 28.7 Å². The van der Waals surface area contributed by atoms with Gasteiger partial charge in [-0.3, -0.25) is 14.5 Å². The lowest BCUT2D eigenvalue weighted by atomic mass is 9.94. The van der Waals surface area contributed by atoms with Crippen molar-refractivity contribution in [2.75, 3.05) is 33.3 Å². The molecule has 0 bridgehead atoms. The Kier molecular flexibility index (Phi) is 9.08. The van der Waals surface area contributed by atoms with Gasteiger partial charge in [-0.25, -0.2) is 0 Å². The lowest BCUT2D eigenvalue weighted by molar-refractivity contribution is -0.123. The van der Waals surface area contributed by atoms with Gasteiger partial charge in [0.1, 0.15) is 23.8 Å². The van der Waals surface area contributed by atoms with Crippen LogP contribution in [0.5, 0.6) is 23.0 Å². The zero-order valence-corrected chi connectivity index (χ0v) is 24.5. The van der Waals surface area contributed by atoms with E-state index in [0.29, 0.717) is 39.9 Å². The van der Waals surface area contributed by atoms with Gasteiger partial charge in [-0.2, -0.15) is 4.68 Å². The molecule has 5 rings (SSSR count). The maximum atomic E-state index is 14.4. The van der Waals surface area contributed by atoms with Gasteiger partial charge in [0.2, 0.25) is 11.7 Å². The molecule has 13 nitrogen and oxygen atoms in total. The van der Waals surface area contributed by atoms with E-state index in [-0.39, 0.29) is 17.7 Å². The van der Waals surface area contributed by atoms with Gasteiger partial charge >= 0.3 is 0 Å². The van der Waals surface area contributed by atoms with E-state index >= 15 is 0 Å². The third-order valence-electron chi connectivity index (χ3n) is 7.45. The van der Waals surface area contributed by atoms with Gasteiger partial charge in [-0.15, -0.1) is 5.10 Å². The van der Waals surface area contributed by atoms with E-state index in [1.54, 1.807) is 42.5 Å². The summed E-state index contributed by atoms with van der Waals surface area (Å²) in [4.78, 5) is 30.0. The molecule has 4 aromatic rings. The molecule has 2 aromatic heterocycles. The Balaban J connectivity index is 1.70. The number of nitrogens with one attached hydrogen (secondary N) is 1. The summed E-state index contributed by atoms with van der Waals surface area (Å²) in [5.41, 5.74) is 1.34. The molecule has 0 saturated heterocycles. The summed E-state index contributed by atoms with van der Waals surface area (Å²) in [7, 11) is 5.98. The third-order valence-corrected chi connectivity index (χ3v) is 7.45. The highest BCUT2D eigenvalue weighted by Crippen LogP contribution is 2.42. The zero-order chi connectivity index (χ0) is 30.3. The van der Waals surface area contributed by atoms with Crippen LogP contribution in [0.3, 0.4) is 0 Å². The largest absolute Gasteiger partial charge is 0.494 e. The first-order valence-corrected chi connectivity index (χ1v) is 13.9. The van der Waals surface area contributed by atoms with Crippen LogP contribution in [0.2, 0.25) is 0 Å². The first-order valence-electron chi connectivity index (χ1n) is 13.9. The molecule has 1 N–H and O–H groups in total. The van der Waals surface area contributed by atoms with Crippen LogP contribution in [0, 0.1) is 0 Å². The van der Waals surface area contributed by atoms with Crippen LogP contribution >= 0.6 is 0 Å². The van der Waals surface area contributed by atoms with Crippen molar-refractivity contribution in [1.82, 2.24) is 25.5 Å². The maximum absolute atomic E-state index is 14.4. The Morgan fingerprint density at radius 3 is 2.26 bits per heavy atom. The number of methoxy groups -OCH3 is 4. The monoisotopic (exact) mass is 590 g/mol. The van der Waals surface area contributed by atoms with Crippen LogP contribution in [-0.4, -0.2) is 66.5 Å². The Bertz CT molecular complexity index is 1510. The number of furan rings is 1. The average Bonchev–Trinajstić information content (AvgIpc) is 3.78. The number of tetrazole rings is 1. The van der Waals surface area contributed by atoms with Crippen molar-refractivity contribution in [1.29, 1.82) is 0 Å². The first-order chi connectivity index (χ1) is 21.0. The number of amides is 2. The molecule has 1 fully saturated rings. The number of ether oxygens (including phenoxy) is 4. The summed E-state index contributed by atoms with van der Waals surface area (Å²) in [6.07, 6.45) is 7.71. The number of hydrogen-bond acceptors (Lipinski definition) is 10. The van der Waals surface area contributed by atoms with Gasteiger partial charge in [-0.1, -0.05) is 19.3 Å². The van der Waals surface area contributed by atoms with Crippen LogP contribution in [0.25, 0.3) is 5.69 Å². The topological polar surface area (TPSA) is 143 Å². The molecule has 2 heterocycles. The van der Waals surface area contributed by atoms with Crippen molar-refractivity contribution in [3.63, 3.8) is 0 Å². The normalized spacial score (nSPS) is 14.0. The fourth-order valence-electron chi connectivity index (χ4n) is 5.38. The van der Waals surface area contributed by atoms with Crippen LogP contribution in [-0.2, 0) is 4.79 Å². The Labute approximate surface area is 248 Å². The van der Waals surface area contributed by atoms with E-state index in [1.165, 1.54) is 50.6 Å². The molecule has 1 unspecified atom stereocenters. The number of benzene rings is 2. The van der Waals surface area contributed by atoms with Crippen LogP contribution in [0.4, 0.5) is 5.69 Å². The summed E-state index contributed by atoms with van der Waals surface area (Å²) >= 11 is 0. The number of nitrogens with zero attached hydrogens (tertiary/aromatic N) is 5. The van der Waals surface area contributed by atoms with Crippen molar-refractivity contribution in [3.05, 3.63) is 66.4 Å². The summed E-state index contributed by atoms with van der Waals surface area (Å²) in [6, 6.07) is 10.4. The number of carbonyl (C=O) groups is 2. The molecule has 13 heteroatoms. The highest BCUT2D eigenvalue weighted by atomic mass is 16.5. The van der Waals surface area contributed by atoms with Crippen molar-refractivity contribution in [2.24, 2.45) is 0 Å². The average molecular weight is 591 g/mol. The van der Waals surface area contributed by atoms with Crippen molar-refractivity contribution >= 4 is 17.5 Å². The summed E-state index contributed by atoms with van der Waals surface area (Å²) in [5, 5.41) is 14.5. The molecule has 1 aliphatic carbocycles. The van der Waals surface area contributed by atoms with Gasteiger partial charge in [0.25, 0.3) is 5.91 Å². The Hall–Kier alpha value is -5.07. The summed E-state index contributed by atoms with van der Waals surface area (Å²) < 4.78 is 29.4. The molecule has 1 atom stereocenters. The zero-order valence-electron chi connectivity index (χ0n) is 24.5. The van der Waals surface area contributed by atoms with E-state index in [4.69, 9.17) is 23.4 Å². The number of carbonyl (C=O) groups excluding carboxylic acids is 2. The number of anilines is 1. The van der Waals surface area contributed by atoms with E-state index in [0.717, 1.165) is 32.1 Å². The Morgan fingerprint density at radius 1 is 0.953 bits per heavy atom. The van der Waals surface area contributed by atoms with Crippen molar-refractivity contribution < 1.29 is 33.0 Å². The van der Waals surface area contributed by atoms with Gasteiger partial charge in [0.15, 0.2) is 17.3 Å². The van der Waals surface area contributed by atoms with Gasteiger partial charge in [0.05, 0.1) is 34.7 Å².